The van der Waals surface area contributed by atoms with Crippen LogP contribution in [0.5, 0.6) is 5.75 Å². The van der Waals surface area contributed by atoms with Gasteiger partial charge in [-0.25, -0.2) is 8.42 Å². The molecular weight excluding hydrogens is 398 g/mol. The Morgan fingerprint density at radius 3 is 2.47 bits per heavy atom. The summed E-state index contributed by atoms with van der Waals surface area (Å²) in [6, 6.07) is 3.68. The molecule has 0 aliphatic carbocycles. The highest BCUT2D eigenvalue weighted by Gasteiger charge is 2.10. The smallest absolute Gasteiger partial charge is 0.152 e. The number of nitrogens with one attached hydrogen (secondary N) is 1. The van der Waals surface area contributed by atoms with Gasteiger partial charge < -0.3 is 10.1 Å². The van der Waals surface area contributed by atoms with Crippen molar-refractivity contribution >= 4 is 47.4 Å². The molecule has 1 aromatic rings. The Labute approximate surface area is 131 Å². The molecular formula is C12H17Br2NO3S. The molecule has 4 nitrogen and oxygen atoms in total. The van der Waals surface area contributed by atoms with E-state index in [2.05, 4.69) is 37.2 Å². The van der Waals surface area contributed by atoms with Crippen LogP contribution in [0.2, 0.25) is 0 Å². The second-order valence-corrected chi connectivity index (χ2v) is 8.06. The Hall–Kier alpha value is -0.270. The summed E-state index contributed by atoms with van der Waals surface area (Å²) in [6.07, 6.45) is 0.651. The third-order valence-electron chi connectivity index (χ3n) is 2.49. The topological polar surface area (TPSA) is 55.4 Å². The maximum absolute atomic E-state index is 11.6. The molecule has 1 aromatic carbocycles. The average molecular weight is 415 g/mol. The summed E-state index contributed by atoms with van der Waals surface area (Å²) in [7, 11) is -1.37. The number of rotatable bonds is 7. The van der Waals surface area contributed by atoms with Crippen molar-refractivity contribution in [2.24, 2.45) is 0 Å². The van der Waals surface area contributed by atoms with Gasteiger partial charge in [-0.3, -0.25) is 0 Å². The minimum absolute atomic E-state index is 0.131. The Morgan fingerprint density at radius 1 is 1.21 bits per heavy atom. The van der Waals surface area contributed by atoms with Gasteiger partial charge in [0.25, 0.3) is 0 Å². The molecule has 1 rings (SSSR count). The maximum atomic E-state index is 11.6. The molecule has 0 unspecified atom stereocenters. The maximum Gasteiger partial charge on any atom is 0.152 e. The van der Waals surface area contributed by atoms with Crippen molar-refractivity contribution in [2.45, 2.75) is 13.3 Å². The summed E-state index contributed by atoms with van der Waals surface area (Å²) in [5.74, 6) is 1.06. The molecule has 1 N–H and O–H groups in total. The third kappa shape index (κ3) is 5.31. The zero-order chi connectivity index (χ0) is 14.5. The normalized spacial score (nSPS) is 11.4. The van der Waals surface area contributed by atoms with Crippen LogP contribution in [-0.2, 0) is 9.84 Å². The van der Waals surface area contributed by atoms with Crippen LogP contribution >= 0.6 is 31.9 Å². The zero-order valence-electron chi connectivity index (χ0n) is 10.9. The number of ether oxygens (including phenoxy) is 1. The lowest BCUT2D eigenvalue weighted by atomic mass is 10.3. The molecule has 7 heteroatoms. The lowest BCUT2D eigenvalue weighted by molar-refractivity contribution is 0.412. The predicted molar refractivity (Wildman–Crippen MR) is 85.8 cm³/mol. The van der Waals surface area contributed by atoms with E-state index >= 15 is 0 Å². The minimum Gasteiger partial charge on any atom is -0.495 e. The number of benzene rings is 1. The van der Waals surface area contributed by atoms with Crippen molar-refractivity contribution in [3.63, 3.8) is 0 Å². The van der Waals surface area contributed by atoms with Gasteiger partial charge >= 0.3 is 0 Å². The van der Waals surface area contributed by atoms with Gasteiger partial charge in [-0.05, 0) is 44.3 Å². The van der Waals surface area contributed by atoms with Crippen LogP contribution in [0.25, 0.3) is 0 Å². The monoisotopic (exact) mass is 413 g/mol. The van der Waals surface area contributed by atoms with Crippen molar-refractivity contribution in [3.05, 3.63) is 21.1 Å². The highest BCUT2D eigenvalue weighted by atomic mass is 79.9. The second kappa shape index (κ2) is 7.50. The zero-order valence-corrected chi connectivity index (χ0v) is 14.9. The minimum atomic E-state index is -2.96. The van der Waals surface area contributed by atoms with Crippen LogP contribution in [0, 0.1) is 0 Å². The van der Waals surface area contributed by atoms with Gasteiger partial charge in [-0.1, -0.05) is 6.92 Å². The van der Waals surface area contributed by atoms with Crippen molar-refractivity contribution in [1.29, 1.82) is 0 Å². The van der Waals surface area contributed by atoms with Gasteiger partial charge in [0.1, 0.15) is 5.75 Å². The van der Waals surface area contributed by atoms with Crippen LogP contribution in [-0.4, -0.2) is 33.6 Å². The molecule has 0 spiro atoms. The summed E-state index contributed by atoms with van der Waals surface area (Å²) < 4.78 is 30.1. The van der Waals surface area contributed by atoms with E-state index in [0.29, 0.717) is 18.7 Å². The molecule has 108 valence electrons. The highest BCUT2D eigenvalue weighted by molar-refractivity contribution is 9.11. The fourth-order valence-corrected chi connectivity index (χ4v) is 4.11. The lowest BCUT2D eigenvalue weighted by Gasteiger charge is -2.12. The van der Waals surface area contributed by atoms with Gasteiger partial charge in [0.15, 0.2) is 9.84 Å². The standard InChI is InChI=1S/C12H17Br2NO3S/c1-3-5-19(16,17)6-4-15-11-8-12(18-2)10(14)7-9(11)13/h7-8,15H,3-6H2,1-2H3. The Morgan fingerprint density at radius 2 is 1.89 bits per heavy atom. The molecule has 0 fully saturated rings. The molecule has 0 aliphatic heterocycles. The fraction of sp³-hybridized carbons (Fsp3) is 0.500. The van der Waals surface area contributed by atoms with E-state index in [1.165, 1.54) is 0 Å². The summed E-state index contributed by atoms with van der Waals surface area (Å²) in [5, 5.41) is 3.10. The van der Waals surface area contributed by atoms with Crippen LogP contribution in [0.1, 0.15) is 13.3 Å². The number of hydrogen-bond acceptors (Lipinski definition) is 4. The summed E-state index contributed by atoms with van der Waals surface area (Å²) in [4.78, 5) is 0. The van der Waals surface area contributed by atoms with E-state index in [1.807, 2.05) is 19.1 Å². The first-order chi connectivity index (χ1) is 8.89. The summed E-state index contributed by atoms with van der Waals surface area (Å²) in [5.41, 5.74) is 0.812. The van der Waals surface area contributed by atoms with Crippen LogP contribution in [0.4, 0.5) is 5.69 Å². The second-order valence-electron chi connectivity index (χ2n) is 4.05. The Kier molecular flexibility index (Phi) is 6.62. The molecule has 0 bridgehead atoms. The lowest BCUT2D eigenvalue weighted by Crippen LogP contribution is -2.18. The van der Waals surface area contributed by atoms with Gasteiger partial charge in [-0.2, -0.15) is 0 Å². The molecule has 0 aromatic heterocycles. The number of halogens is 2. The molecule has 0 saturated carbocycles. The molecule has 0 radical (unpaired) electrons. The highest BCUT2D eigenvalue weighted by Crippen LogP contribution is 2.34. The Bertz CT molecular complexity index is 532. The molecule has 0 atom stereocenters. The fourth-order valence-electron chi connectivity index (χ4n) is 1.58. The number of methoxy groups -OCH3 is 1. The van der Waals surface area contributed by atoms with Gasteiger partial charge in [0, 0.05) is 22.8 Å². The van der Waals surface area contributed by atoms with Crippen molar-refractivity contribution in [1.82, 2.24) is 0 Å². The van der Waals surface area contributed by atoms with E-state index in [9.17, 15) is 8.42 Å². The van der Waals surface area contributed by atoms with E-state index < -0.39 is 9.84 Å². The van der Waals surface area contributed by atoms with E-state index in [-0.39, 0.29) is 11.5 Å². The average Bonchev–Trinajstić information content (AvgIpc) is 2.31. The van der Waals surface area contributed by atoms with Gasteiger partial charge in [0.05, 0.1) is 23.0 Å². The van der Waals surface area contributed by atoms with Gasteiger partial charge in [0.2, 0.25) is 0 Å². The molecule has 0 saturated heterocycles. The van der Waals surface area contributed by atoms with Crippen molar-refractivity contribution in [2.75, 3.05) is 30.5 Å². The molecule has 19 heavy (non-hydrogen) atoms. The predicted octanol–water partition coefficient (Wildman–Crippen LogP) is 3.46. The summed E-state index contributed by atoms with van der Waals surface area (Å²) in [6.45, 7) is 2.24. The Balaban J connectivity index is 2.68. The van der Waals surface area contributed by atoms with E-state index in [0.717, 1.165) is 14.6 Å². The molecule has 0 amide bonds. The van der Waals surface area contributed by atoms with Crippen molar-refractivity contribution in [3.8, 4) is 5.75 Å². The SMILES string of the molecule is CCCS(=O)(=O)CCNc1cc(OC)c(Br)cc1Br. The number of anilines is 1. The molecule has 0 heterocycles. The van der Waals surface area contributed by atoms with Crippen LogP contribution < -0.4 is 10.1 Å². The quantitative estimate of drug-likeness (QED) is 0.742. The van der Waals surface area contributed by atoms with Crippen LogP contribution in [0.3, 0.4) is 0 Å². The number of sulfone groups is 1. The first kappa shape index (κ1) is 16.8. The van der Waals surface area contributed by atoms with E-state index in [4.69, 9.17) is 4.74 Å². The summed E-state index contributed by atoms with van der Waals surface area (Å²) >= 11 is 6.81. The van der Waals surface area contributed by atoms with Gasteiger partial charge in [-0.15, -0.1) is 0 Å². The number of hydrogen-bond donors (Lipinski definition) is 1. The van der Waals surface area contributed by atoms with Crippen LogP contribution in [0.15, 0.2) is 21.1 Å². The largest absolute Gasteiger partial charge is 0.495 e. The van der Waals surface area contributed by atoms with Crippen molar-refractivity contribution < 1.29 is 13.2 Å². The van der Waals surface area contributed by atoms with E-state index in [1.54, 1.807) is 7.11 Å². The molecule has 0 aliphatic rings. The first-order valence-corrected chi connectivity index (χ1v) is 9.27. The third-order valence-corrected chi connectivity index (χ3v) is 5.62. The first-order valence-electron chi connectivity index (χ1n) is 5.87.